The van der Waals surface area contributed by atoms with Crippen molar-refractivity contribution in [1.82, 2.24) is 9.59 Å². The van der Waals surface area contributed by atoms with Crippen LogP contribution < -0.4 is 4.74 Å². The summed E-state index contributed by atoms with van der Waals surface area (Å²) in [6, 6.07) is 4.26. The lowest BCUT2D eigenvalue weighted by atomic mass is 10.3. The number of nitro groups is 1. The van der Waals surface area contributed by atoms with E-state index in [0.717, 1.165) is 11.5 Å². The monoisotopic (exact) mass is 349 g/mol. The van der Waals surface area contributed by atoms with Crippen LogP contribution in [0.1, 0.15) is 5.69 Å². The Morgan fingerprint density at radius 3 is 2.94 bits per heavy atom. The van der Waals surface area contributed by atoms with Gasteiger partial charge < -0.3 is 4.74 Å². The largest absolute Gasteiger partial charge is 0.486 e. The van der Waals surface area contributed by atoms with Gasteiger partial charge in [0.05, 0.1) is 15.5 Å². The van der Waals surface area contributed by atoms with E-state index in [1.807, 2.05) is 0 Å². The minimum atomic E-state index is -0.489. The van der Waals surface area contributed by atoms with E-state index in [0.29, 0.717) is 20.3 Å². The average Bonchev–Trinajstić information content (AvgIpc) is 2.73. The maximum atomic E-state index is 10.6. The van der Waals surface area contributed by atoms with Gasteiger partial charge in [0.15, 0.2) is 0 Å². The summed E-state index contributed by atoms with van der Waals surface area (Å²) in [5.41, 5.74) is 0.454. The molecule has 0 saturated heterocycles. The maximum Gasteiger partial charge on any atom is 0.273 e. The summed E-state index contributed by atoms with van der Waals surface area (Å²) in [4.78, 5) is 10.2. The van der Waals surface area contributed by atoms with Crippen LogP contribution in [0.15, 0.2) is 22.7 Å². The molecule has 9 heteroatoms. The number of hydrogen-bond acceptors (Lipinski definition) is 6. The zero-order valence-electron chi connectivity index (χ0n) is 8.67. The first kappa shape index (κ1) is 13.2. The van der Waals surface area contributed by atoms with Crippen molar-refractivity contribution in [2.75, 3.05) is 0 Å². The highest BCUT2D eigenvalue weighted by molar-refractivity contribution is 9.10. The molecular formula is C9H5BrClN3O3S. The Hall–Kier alpha value is -1.25. The molecule has 0 atom stereocenters. The highest BCUT2D eigenvalue weighted by Gasteiger charge is 2.12. The third kappa shape index (κ3) is 2.95. The predicted molar refractivity (Wildman–Crippen MR) is 70.0 cm³/mol. The van der Waals surface area contributed by atoms with Gasteiger partial charge in [0.1, 0.15) is 22.4 Å². The van der Waals surface area contributed by atoms with Crippen molar-refractivity contribution in [2.45, 2.75) is 6.61 Å². The number of non-ortho nitro benzene ring substituents is 1. The lowest BCUT2D eigenvalue weighted by Gasteiger charge is -2.06. The molecule has 1 heterocycles. The van der Waals surface area contributed by atoms with Crippen molar-refractivity contribution < 1.29 is 9.66 Å². The van der Waals surface area contributed by atoms with Crippen LogP contribution in [-0.4, -0.2) is 14.5 Å². The fourth-order valence-corrected chi connectivity index (χ4v) is 2.11. The van der Waals surface area contributed by atoms with Crippen molar-refractivity contribution in [3.05, 3.63) is 42.8 Å². The first-order valence-corrected chi connectivity index (χ1v) is 6.56. The van der Waals surface area contributed by atoms with Gasteiger partial charge in [-0.2, -0.15) is 0 Å². The molecule has 18 heavy (non-hydrogen) atoms. The molecule has 0 bridgehead atoms. The fraction of sp³-hybridized carbons (Fsp3) is 0.111. The lowest BCUT2D eigenvalue weighted by Crippen LogP contribution is -1.98. The van der Waals surface area contributed by atoms with Gasteiger partial charge in [0, 0.05) is 17.6 Å². The van der Waals surface area contributed by atoms with E-state index in [-0.39, 0.29) is 12.3 Å². The summed E-state index contributed by atoms with van der Waals surface area (Å²) in [6.07, 6.45) is 0. The van der Waals surface area contributed by atoms with Gasteiger partial charge in [-0.15, -0.1) is 5.10 Å². The van der Waals surface area contributed by atoms with E-state index < -0.39 is 4.92 Å². The molecule has 0 N–H and O–H groups in total. The minimum Gasteiger partial charge on any atom is -0.486 e. The summed E-state index contributed by atoms with van der Waals surface area (Å²) in [5, 5.41) is 14.4. The Bertz CT molecular complexity index is 592. The van der Waals surface area contributed by atoms with E-state index in [1.54, 1.807) is 6.07 Å². The van der Waals surface area contributed by atoms with Gasteiger partial charge in [-0.05, 0) is 22.0 Å². The molecule has 0 saturated carbocycles. The van der Waals surface area contributed by atoms with Crippen LogP contribution in [-0.2, 0) is 6.61 Å². The van der Waals surface area contributed by atoms with Gasteiger partial charge in [-0.1, -0.05) is 16.1 Å². The Morgan fingerprint density at radius 1 is 1.56 bits per heavy atom. The second-order valence-corrected chi connectivity index (χ2v) is 5.36. The Labute approximate surface area is 119 Å². The molecule has 0 amide bonds. The molecule has 0 unspecified atom stereocenters. The van der Waals surface area contributed by atoms with Crippen LogP contribution in [0, 0.1) is 10.1 Å². The van der Waals surface area contributed by atoms with Crippen molar-refractivity contribution in [1.29, 1.82) is 0 Å². The summed E-state index contributed by atoms with van der Waals surface area (Å²) in [6.45, 7) is 0.106. The van der Waals surface area contributed by atoms with Gasteiger partial charge in [-0.3, -0.25) is 10.1 Å². The topological polar surface area (TPSA) is 78.2 Å². The molecule has 0 radical (unpaired) electrons. The summed E-state index contributed by atoms with van der Waals surface area (Å²) in [7, 11) is 0. The van der Waals surface area contributed by atoms with E-state index in [9.17, 15) is 10.1 Å². The van der Waals surface area contributed by atoms with Crippen molar-refractivity contribution >= 4 is 44.8 Å². The minimum absolute atomic E-state index is 0.0456. The van der Waals surface area contributed by atoms with Crippen molar-refractivity contribution in [3.8, 4) is 5.75 Å². The number of benzene rings is 1. The van der Waals surface area contributed by atoms with Gasteiger partial charge >= 0.3 is 0 Å². The molecule has 0 spiro atoms. The molecule has 0 fully saturated rings. The summed E-state index contributed by atoms with van der Waals surface area (Å²) < 4.78 is 10.1. The molecule has 0 aliphatic heterocycles. The summed E-state index contributed by atoms with van der Waals surface area (Å²) >= 11 is 10.1. The smallest absolute Gasteiger partial charge is 0.273 e. The normalized spacial score (nSPS) is 10.3. The fourth-order valence-electron chi connectivity index (χ4n) is 1.15. The second-order valence-electron chi connectivity index (χ2n) is 3.15. The molecule has 0 aliphatic rings. The first-order valence-electron chi connectivity index (χ1n) is 4.61. The van der Waals surface area contributed by atoms with Crippen LogP contribution in [0.5, 0.6) is 5.75 Å². The molecule has 1 aromatic carbocycles. The third-order valence-electron chi connectivity index (χ3n) is 2.00. The van der Waals surface area contributed by atoms with Gasteiger partial charge in [-0.25, -0.2) is 0 Å². The van der Waals surface area contributed by atoms with E-state index >= 15 is 0 Å². The Morgan fingerprint density at radius 2 is 2.33 bits per heavy atom. The molecule has 2 rings (SSSR count). The van der Waals surface area contributed by atoms with Gasteiger partial charge in [0.25, 0.3) is 5.69 Å². The first-order chi connectivity index (χ1) is 8.58. The summed E-state index contributed by atoms with van der Waals surface area (Å²) in [5.74, 6) is 0.355. The van der Waals surface area contributed by atoms with Crippen LogP contribution >= 0.6 is 39.1 Å². The van der Waals surface area contributed by atoms with Crippen molar-refractivity contribution in [3.63, 3.8) is 0 Å². The quantitative estimate of drug-likeness (QED) is 0.623. The van der Waals surface area contributed by atoms with E-state index in [4.69, 9.17) is 16.3 Å². The van der Waals surface area contributed by atoms with Crippen LogP contribution in [0.25, 0.3) is 0 Å². The average molecular weight is 351 g/mol. The Balaban J connectivity index is 2.16. The molecular weight excluding hydrogens is 346 g/mol. The number of nitrogens with zero attached hydrogens (tertiary/aromatic N) is 3. The number of hydrogen-bond donors (Lipinski definition) is 0. The lowest BCUT2D eigenvalue weighted by molar-refractivity contribution is -0.385. The maximum absolute atomic E-state index is 10.6. The molecule has 0 aliphatic carbocycles. The Kier molecular flexibility index (Phi) is 4.10. The number of nitro benzene ring substituents is 1. The van der Waals surface area contributed by atoms with E-state index in [1.165, 1.54) is 12.1 Å². The van der Waals surface area contributed by atoms with Crippen LogP contribution in [0.3, 0.4) is 0 Å². The predicted octanol–water partition coefficient (Wildman–Crippen LogP) is 3.44. The molecule has 6 nitrogen and oxygen atoms in total. The standard InChI is InChI=1S/C9H5BrClN3O3S/c10-6-2-1-5(14(15)16)3-8(6)17-4-7-9(11)18-13-12-7/h1-3H,4H2. The van der Waals surface area contributed by atoms with E-state index in [2.05, 4.69) is 25.5 Å². The molecule has 94 valence electrons. The zero-order chi connectivity index (χ0) is 13.1. The second kappa shape index (κ2) is 5.59. The number of ether oxygens (including phenoxy) is 1. The van der Waals surface area contributed by atoms with Gasteiger partial charge in [0.2, 0.25) is 0 Å². The molecule has 1 aromatic heterocycles. The third-order valence-corrected chi connectivity index (χ3v) is 3.64. The zero-order valence-corrected chi connectivity index (χ0v) is 11.8. The van der Waals surface area contributed by atoms with Crippen LogP contribution in [0.2, 0.25) is 4.34 Å². The molecule has 2 aromatic rings. The van der Waals surface area contributed by atoms with Crippen LogP contribution in [0.4, 0.5) is 5.69 Å². The number of aromatic nitrogens is 2. The SMILES string of the molecule is O=[N+]([O-])c1ccc(Br)c(OCc2nnsc2Cl)c1. The number of halogens is 2. The highest BCUT2D eigenvalue weighted by atomic mass is 79.9. The number of rotatable bonds is 4. The van der Waals surface area contributed by atoms with Crippen molar-refractivity contribution in [2.24, 2.45) is 0 Å². The highest BCUT2D eigenvalue weighted by Crippen LogP contribution is 2.30.